The van der Waals surface area contributed by atoms with E-state index in [0.717, 1.165) is 33.6 Å². The number of aromatic nitrogens is 3. The first kappa shape index (κ1) is 34.7. The molecule has 60 heavy (non-hydrogen) atoms. The van der Waals surface area contributed by atoms with Crippen molar-refractivity contribution in [2.75, 3.05) is 0 Å². The van der Waals surface area contributed by atoms with Gasteiger partial charge in [0, 0.05) is 38.4 Å². The summed E-state index contributed by atoms with van der Waals surface area (Å²) in [5.74, 6) is 0.670. The van der Waals surface area contributed by atoms with E-state index in [-0.39, 0.29) is 10.8 Å². The van der Waals surface area contributed by atoms with Gasteiger partial charge in [-0.25, -0.2) is 0 Å². The van der Waals surface area contributed by atoms with Crippen molar-refractivity contribution < 1.29 is 4.74 Å². The Morgan fingerprint density at radius 1 is 0.417 bits per heavy atom. The number of fused-ring (bicyclic) bond motifs is 10. The van der Waals surface area contributed by atoms with Crippen LogP contribution in [0.4, 0.5) is 0 Å². The minimum atomic E-state index is -0.123. The first-order valence-corrected chi connectivity index (χ1v) is 20.8. The molecule has 4 heteroatoms. The number of rotatable bonds is 5. The largest absolute Gasteiger partial charge is 0.424 e. The molecular weight excluding hydrogens is 731 g/mol. The molecule has 0 unspecified atom stereocenters. The van der Waals surface area contributed by atoms with Crippen molar-refractivity contribution in [2.45, 2.75) is 38.5 Å². The predicted octanol–water partition coefficient (Wildman–Crippen LogP) is 14.5. The highest BCUT2D eigenvalue weighted by Crippen LogP contribution is 2.54. The van der Waals surface area contributed by atoms with Gasteiger partial charge in [-0.15, -0.1) is 0 Å². The molecule has 2 heterocycles. The molecule has 12 rings (SSSR count). The second-order valence-corrected chi connectivity index (χ2v) is 17.5. The Morgan fingerprint density at radius 3 is 1.57 bits per heavy atom. The molecule has 2 aliphatic rings. The van der Waals surface area contributed by atoms with E-state index in [0.29, 0.717) is 11.8 Å². The normalized spacial score (nSPS) is 14.3. The van der Waals surface area contributed by atoms with Crippen molar-refractivity contribution in [3.05, 3.63) is 198 Å². The number of hydrogen-bond donors (Lipinski definition) is 0. The average molecular weight is 772 g/mol. The van der Waals surface area contributed by atoms with Crippen molar-refractivity contribution >= 4 is 32.6 Å². The van der Waals surface area contributed by atoms with Gasteiger partial charge in [0.2, 0.25) is 0 Å². The molecule has 2 aliphatic carbocycles. The summed E-state index contributed by atoms with van der Waals surface area (Å²) in [6.45, 7) is 9.43. The smallest absolute Gasteiger partial charge is 0.323 e. The van der Waals surface area contributed by atoms with Gasteiger partial charge in [-0.3, -0.25) is 0 Å². The van der Waals surface area contributed by atoms with Crippen LogP contribution in [-0.2, 0) is 10.8 Å². The highest BCUT2D eigenvalue weighted by molar-refractivity contribution is 6.13. The number of ether oxygens (including phenoxy) is 1. The minimum absolute atomic E-state index is 0.123. The third-order valence-corrected chi connectivity index (χ3v) is 13.3. The van der Waals surface area contributed by atoms with Crippen LogP contribution >= 0.6 is 0 Å². The topological polar surface area (TPSA) is 39.9 Å². The lowest BCUT2D eigenvalue weighted by Gasteiger charge is -2.22. The highest BCUT2D eigenvalue weighted by Gasteiger charge is 2.38. The van der Waals surface area contributed by atoms with E-state index in [2.05, 4.69) is 172 Å². The lowest BCUT2D eigenvalue weighted by molar-refractivity contribution is 0.443. The van der Waals surface area contributed by atoms with Gasteiger partial charge in [-0.05, 0) is 116 Å². The maximum atomic E-state index is 6.55. The monoisotopic (exact) mass is 771 g/mol. The van der Waals surface area contributed by atoms with E-state index in [4.69, 9.17) is 14.7 Å². The van der Waals surface area contributed by atoms with Gasteiger partial charge in [0.25, 0.3) is 0 Å². The van der Waals surface area contributed by atoms with Gasteiger partial charge in [-0.1, -0.05) is 143 Å². The van der Waals surface area contributed by atoms with Crippen molar-refractivity contribution in [1.29, 1.82) is 0 Å². The second kappa shape index (κ2) is 12.6. The zero-order valence-electron chi connectivity index (χ0n) is 34.0. The summed E-state index contributed by atoms with van der Waals surface area (Å²) in [7, 11) is 0. The van der Waals surface area contributed by atoms with E-state index in [1.54, 1.807) is 0 Å². The van der Waals surface area contributed by atoms with E-state index in [1.165, 1.54) is 71.7 Å². The van der Waals surface area contributed by atoms with E-state index in [1.807, 2.05) is 36.4 Å². The zero-order chi connectivity index (χ0) is 40.3. The van der Waals surface area contributed by atoms with Crippen molar-refractivity contribution in [2.24, 2.45) is 0 Å². The first-order chi connectivity index (χ1) is 29.2. The van der Waals surface area contributed by atoms with Gasteiger partial charge in [-0.2, -0.15) is 9.97 Å². The molecule has 0 amide bonds. The Bertz CT molecular complexity index is 3270. The molecule has 4 nitrogen and oxygen atoms in total. The predicted molar refractivity (Wildman–Crippen MR) is 246 cm³/mol. The molecule has 286 valence electrons. The Morgan fingerprint density at radius 2 is 0.950 bits per heavy atom. The number of hydrogen-bond acceptors (Lipinski definition) is 3. The zero-order valence-corrected chi connectivity index (χ0v) is 34.0. The highest BCUT2D eigenvalue weighted by atomic mass is 16.5. The third kappa shape index (κ3) is 5.10. The Balaban J connectivity index is 1.00. The second-order valence-electron chi connectivity index (χ2n) is 17.5. The van der Waals surface area contributed by atoms with Gasteiger partial charge in [0.1, 0.15) is 5.75 Å². The standard InChI is InChI=1S/C56H41N3O/c1-55(2)46-20-12-10-18-40(46)42-29-44-45-30-43-41-19-11-13-21-47(41)56(3,4)49(43)32-53(45)59(52(44)31-48(42)55)38-24-26-39(27-25-38)60-54-57-50(35-15-6-5-7-16-35)33-51(58-54)37-23-22-34-14-8-9-17-36(34)28-37/h5-33H,1-4H3. The molecule has 0 atom stereocenters. The summed E-state index contributed by atoms with van der Waals surface area (Å²) >= 11 is 0. The van der Waals surface area contributed by atoms with Gasteiger partial charge in [0.05, 0.1) is 22.4 Å². The molecule has 0 saturated carbocycles. The molecule has 0 saturated heterocycles. The van der Waals surface area contributed by atoms with E-state index in [9.17, 15) is 0 Å². The minimum Gasteiger partial charge on any atom is -0.424 e. The van der Waals surface area contributed by atoms with Gasteiger partial charge in [0.15, 0.2) is 0 Å². The Labute approximate surface area is 349 Å². The molecule has 0 fully saturated rings. The summed E-state index contributed by atoms with van der Waals surface area (Å²) in [4.78, 5) is 9.90. The SMILES string of the molecule is CC1(C)c2ccccc2-c2cc3c4cc5c(cc4n(-c4ccc(Oc6nc(-c7ccccc7)cc(-c7ccc8ccccc8c7)n6)cc4)c3cc21)C(C)(C)c1ccccc1-5. The first-order valence-electron chi connectivity index (χ1n) is 20.8. The van der Waals surface area contributed by atoms with Crippen LogP contribution in [0.3, 0.4) is 0 Å². The lowest BCUT2D eigenvalue weighted by atomic mass is 9.82. The van der Waals surface area contributed by atoms with Crippen LogP contribution in [0, 0.1) is 0 Å². The molecule has 0 spiro atoms. The maximum Gasteiger partial charge on any atom is 0.323 e. The van der Waals surface area contributed by atoms with Crippen molar-refractivity contribution in [3.8, 4) is 62.2 Å². The maximum absolute atomic E-state index is 6.55. The van der Waals surface area contributed by atoms with Crippen LogP contribution in [0.15, 0.2) is 176 Å². The molecular formula is C56H41N3O. The summed E-state index contributed by atoms with van der Waals surface area (Å²) in [5.41, 5.74) is 17.6. The molecule has 8 aromatic carbocycles. The number of nitrogens with zero attached hydrogens (tertiary/aromatic N) is 3. The van der Waals surface area contributed by atoms with Crippen LogP contribution in [0.2, 0.25) is 0 Å². The number of benzene rings is 8. The van der Waals surface area contributed by atoms with Gasteiger partial charge >= 0.3 is 6.01 Å². The Kier molecular flexibility index (Phi) is 7.29. The van der Waals surface area contributed by atoms with Crippen molar-refractivity contribution in [3.63, 3.8) is 0 Å². The average Bonchev–Trinajstić information content (AvgIpc) is 3.81. The fraction of sp³-hybridized carbons (Fsp3) is 0.107. The van der Waals surface area contributed by atoms with E-state index < -0.39 is 0 Å². The van der Waals surface area contributed by atoms with Gasteiger partial charge < -0.3 is 9.30 Å². The summed E-state index contributed by atoms with van der Waals surface area (Å²) in [5, 5.41) is 4.87. The van der Waals surface area contributed by atoms with Crippen LogP contribution in [0.5, 0.6) is 11.8 Å². The fourth-order valence-electron chi connectivity index (χ4n) is 10.2. The van der Waals surface area contributed by atoms with Crippen LogP contribution in [-0.4, -0.2) is 14.5 Å². The molecule has 2 aromatic heterocycles. The van der Waals surface area contributed by atoms with Crippen molar-refractivity contribution in [1.82, 2.24) is 14.5 Å². The Hall–Kier alpha value is -7.30. The third-order valence-electron chi connectivity index (χ3n) is 13.3. The summed E-state index contributed by atoms with van der Waals surface area (Å²) in [6, 6.07) is 63.5. The van der Waals surface area contributed by atoms with Crippen LogP contribution < -0.4 is 4.74 Å². The summed E-state index contributed by atoms with van der Waals surface area (Å²) < 4.78 is 9.01. The molecule has 10 aromatic rings. The van der Waals surface area contributed by atoms with Crippen LogP contribution in [0.25, 0.3) is 83.0 Å². The molecule has 0 aliphatic heterocycles. The molecule has 0 radical (unpaired) electrons. The lowest BCUT2D eigenvalue weighted by Crippen LogP contribution is -2.15. The fourth-order valence-corrected chi connectivity index (χ4v) is 10.2. The summed E-state index contributed by atoms with van der Waals surface area (Å²) in [6.07, 6.45) is 0. The van der Waals surface area contributed by atoms with Crippen LogP contribution in [0.1, 0.15) is 49.9 Å². The quantitative estimate of drug-likeness (QED) is 0.175. The molecule has 0 bridgehead atoms. The molecule has 0 N–H and O–H groups in total. The van der Waals surface area contributed by atoms with E-state index >= 15 is 0 Å².